The van der Waals surface area contributed by atoms with Gasteiger partial charge in [-0.15, -0.1) is 0 Å². The number of nitrogens with one attached hydrogen (secondary N) is 1. The number of hydrogen-bond donors (Lipinski definition) is 1. The van der Waals surface area contributed by atoms with Crippen molar-refractivity contribution in [3.8, 4) is 0 Å². The van der Waals surface area contributed by atoms with Gasteiger partial charge in [-0.3, -0.25) is 0 Å². The van der Waals surface area contributed by atoms with Crippen molar-refractivity contribution in [2.45, 2.75) is 53.0 Å². The zero-order valence-electron chi connectivity index (χ0n) is 12.5. The van der Waals surface area contributed by atoms with Crippen LogP contribution in [0.15, 0.2) is 0 Å². The summed E-state index contributed by atoms with van der Waals surface area (Å²) in [4.78, 5) is 2.39. The van der Waals surface area contributed by atoms with Gasteiger partial charge in [0.05, 0.1) is 6.61 Å². The molecule has 0 fully saturated rings. The predicted octanol–water partition coefficient (Wildman–Crippen LogP) is 2.51. The highest BCUT2D eigenvalue weighted by Gasteiger charge is 2.06. The Morgan fingerprint density at radius 3 is 2.18 bits per heavy atom. The molecule has 0 unspecified atom stereocenters. The van der Waals surface area contributed by atoms with Crippen LogP contribution in [-0.4, -0.2) is 49.8 Å². The summed E-state index contributed by atoms with van der Waals surface area (Å²) < 4.78 is 5.63. The third-order valence-electron chi connectivity index (χ3n) is 2.82. The Kier molecular flexibility index (Phi) is 9.79. The van der Waals surface area contributed by atoms with E-state index >= 15 is 0 Å². The lowest BCUT2D eigenvalue weighted by atomic mass is 10.1. The lowest BCUT2D eigenvalue weighted by Gasteiger charge is -2.20. The van der Waals surface area contributed by atoms with E-state index in [-0.39, 0.29) is 5.54 Å². The molecule has 0 aromatic rings. The van der Waals surface area contributed by atoms with Crippen LogP contribution in [0, 0.1) is 0 Å². The van der Waals surface area contributed by atoms with Gasteiger partial charge in [-0.2, -0.15) is 0 Å². The van der Waals surface area contributed by atoms with Crippen molar-refractivity contribution < 1.29 is 4.74 Å². The van der Waals surface area contributed by atoms with Gasteiger partial charge in [-0.1, -0.05) is 13.8 Å². The number of unbranched alkanes of at least 4 members (excludes halogenated alkanes) is 1. The van der Waals surface area contributed by atoms with E-state index in [1.807, 2.05) is 0 Å². The van der Waals surface area contributed by atoms with Crippen LogP contribution in [0.3, 0.4) is 0 Å². The minimum Gasteiger partial charge on any atom is -0.380 e. The quantitative estimate of drug-likeness (QED) is 0.598. The minimum absolute atomic E-state index is 0.240. The summed E-state index contributed by atoms with van der Waals surface area (Å²) in [5, 5.41) is 3.49. The van der Waals surface area contributed by atoms with Crippen LogP contribution in [0.25, 0.3) is 0 Å². The van der Waals surface area contributed by atoms with Crippen LogP contribution in [0.4, 0.5) is 0 Å². The Bertz CT molecular complexity index is 162. The molecule has 0 aromatic carbocycles. The highest BCUT2D eigenvalue weighted by molar-refractivity contribution is 4.69. The monoisotopic (exact) mass is 244 g/mol. The van der Waals surface area contributed by atoms with Crippen molar-refractivity contribution in [3.05, 3.63) is 0 Å². The largest absolute Gasteiger partial charge is 0.380 e. The summed E-state index contributed by atoms with van der Waals surface area (Å²) in [6.07, 6.45) is 2.35. The Labute approximate surface area is 108 Å². The third kappa shape index (κ3) is 12.1. The third-order valence-corrected chi connectivity index (χ3v) is 2.82. The van der Waals surface area contributed by atoms with Gasteiger partial charge in [-0.25, -0.2) is 0 Å². The number of nitrogens with zero attached hydrogens (tertiary/aromatic N) is 1. The van der Waals surface area contributed by atoms with Crippen LogP contribution >= 0.6 is 0 Å². The smallest absolute Gasteiger partial charge is 0.0593 e. The van der Waals surface area contributed by atoms with Gasteiger partial charge >= 0.3 is 0 Å². The maximum absolute atomic E-state index is 5.63. The molecule has 0 aliphatic carbocycles. The predicted molar refractivity (Wildman–Crippen MR) is 75.6 cm³/mol. The zero-order valence-corrected chi connectivity index (χ0v) is 12.5. The molecule has 0 atom stereocenters. The molecule has 0 saturated carbocycles. The fourth-order valence-corrected chi connectivity index (χ4v) is 1.63. The van der Waals surface area contributed by atoms with E-state index < -0.39 is 0 Å². The maximum Gasteiger partial charge on any atom is 0.0593 e. The molecule has 0 aromatic heterocycles. The summed E-state index contributed by atoms with van der Waals surface area (Å²) in [5.41, 5.74) is 0.240. The van der Waals surface area contributed by atoms with Crippen LogP contribution in [0.2, 0.25) is 0 Å². The molecule has 0 heterocycles. The molecule has 0 rings (SSSR count). The first-order valence-electron chi connectivity index (χ1n) is 7.04. The Balaban J connectivity index is 3.19. The van der Waals surface area contributed by atoms with Crippen molar-refractivity contribution >= 4 is 0 Å². The average molecular weight is 244 g/mol. The van der Waals surface area contributed by atoms with Crippen molar-refractivity contribution in [1.29, 1.82) is 0 Å². The lowest BCUT2D eigenvalue weighted by Crippen LogP contribution is -2.36. The Morgan fingerprint density at radius 2 is 1.65 bits per heavy atom. The van der Waals surface area contributed by atoms with Gasteiger partial charge in [0.1, 0.15) is 0 Å². The molecular weight excluding hydrogens is 212 g/mol. The fourth-order valence-electron chi connectivity index (χ4n) is 1.63. The molecule has 1 N–H and O–H groups in total. The van der Waals surface area contributed by atoms with Crippen LogP contribution in [0.5, 0.6) is 0 Å². The van der Waals surface area contributed by atoms with Crippen molar-refractivity contribution in [2.24, 2.45) is 0 Å². The number of likely N-dealkylation sites (N-methyl/N-ethyl adjacent to an activating group) is 1. The van der Waals surface area contributed by atoms with Gasteiger partial charge in [0.25, 0.3) is 0 Å². The standard InChI is InChI=1S/C14H32N2O/c1-6-16(7-2)11-13-17-12-9-8-10-15-14(3,4)5/h15H,6-13H2,1-5H3. The second-order valence-electron chi connectivity index (χ2n) is 5.52. The van der Waals surface area contributed by atoms with Gasteiger partial charge in [0, 0.05) is 18.7 Å². The minimum atomic E-state index is 0.240. The fraction of sp³-hybridized carbons (Fsp3) is 1.00. The second kappa shape index (κ2) is 9.86. The zero-order chi connectivity index (χ0) is 13.1. The highest BCUT2D eigenvalue weighted by Crippen LogP contribution is 1.99. The summed E-state index contributed by atoms with van der Waals surface area (Å²) in [6.45, 7) is 17.2. The molecule has 0 spiro atoms. The molecule has 17 heavy (non-hydrogen) atoms. The Morgan fingerprint density at radius 1 is 1.00 bits per heavy atom. The van der Waals surface area contributed by atoms with E-state index in [1.165, 1.54) is 6.42 Å². The average Bonchev–Trinajstić information content (AvgIpc) is 2.26. The van der Waals surface area contributed by atoms with E-state index in [1.54, 1.807) is 0 Å². The van der Waals surface area contributed by atoms with Gasteiger partial charge in [0.15, 0.2) is 0 Å². The number of rotatable bonds is 10. The van der Waals surface area contributed by atoms with Crippen LogP contribution in [-0.2, 0) is 4.74 Å². The topological polar surface area (TPSA) is 24.5 Å². The van der Waals surface area contributed by atoms with E-state index in [0.29, 0.717) is 0 Å². The van der Waals surface area contributed by atoms with E-state index in [0.717, 1.165) is 45.8 Å². The number of ether oxygens (including phenoxy) is 1. The molecule has 3 nitrogen and oxygen atoms in total. The van der Waals surface area contributed by atoms with Gasteiger partial charge < -0.3 is 15.0 Å². The van der Waals surface area contributed by atoms with Gasteiger partial charge in [0.2, 0.25) is 0 Å². The normalized spacial score (nSPS) is 12.4. The lowest BCUT2D eigenvalue weighted by molar-refractivity contribution is 0.104. The first kappa shape index (κ1) is 16.9. The first-order chi connectivity index (χ1) is 7.99. The molecule has 0 radical (unpaired) electrons. The van der Waals surface area contributed by atoms with Crippen LogP contribution in [0.1, 0.15) is 47.5 Å². The SMILES string of the molecule is CCN(CC)CCOCCCCNC(C)(C)C. The Hall–Kier alpha value is -0.120. The van der Waals surface area contributed by atoms with Crippen LogP contribution < -0.4 is 5.32 Å². The highest BCUT2D eigenvalue weighted by atomic mass is 16.5. The molecule has 0 bridgehead atoms. The van der Waals surface area contributed by atoms with E-state index in [9.17, 15) is 0 Å². The maximum atomic E-state index is 5.63. The molecule has 0 aliphatic rings. The summed E-state index contributed by atoms with van der Waals surface area (Å²) in [6, 6.07) is 0. The molecule has 104 valence electrons. The molecular formula is C14H32N2O. The second-order valence-corrected chi connectivity index (χ2v) is 5.52. The summed E-state index contributed by atoms with van der Waals surface area (Å²) >= 11 is 0. The molecule has 0 aliphatic heterocycles. The summed E-state index contributed by atoms with van der Waals surface area (Å²) in [5.74, 6) is 0. The first-order valence-corrected chi connectivity index (χ1v) is 7.04. The summed E-state index contributed by atoms with van der Waals surface area (Å²) in [7, 11) is 0. The van der Waals surface area contributed by atoms with Gasteiger partial charge in [-0.05, 0) is 53.2 Å². The van der Waals surface area contributed by atoms with Crippen molar-refractivity contribution in [1.82, 2.24) is 10.2 Å². The van der Waals surface area contributed by atoms with E-state index in [2.05, 4.69) is 44.8 Å². The molecule has 3 heteroatoms. The molecule has 0 saturated heterocycles. The van der Waals surface area contributed by atoms with Crippen molar-refractivity contribution in [2.75, 3.05) is 39.4 Å². The number of hydrogen-bond acceptors (Lipinski definition) is 3. The van der Waals surface area contributed by atoms with Crippen molar-refractivity contribution in [3.63, 3.8) is 0 Å². The van der Waals surface area contributed by atoms with E-state index in [4.69, 9.17) is 4.74 Å². The molecule has 0 amide bonds.